The van der Waals surface area contributed by atoms with E-state index in [1.54, 1.807) is 13.1 Å². The van der Waals surface area contributed by atoms with Gasteiger partial charge in [0.2, 0.25) is 17.7 Å². The van der Waals surface area contributed by atoms with Gasteiger partial charge in [0.25, 0.3) is 0 Å². The van der Waals surface area contributed by atoms with E-state index in [4.69, 9.17) is 11.5 Å². The molecular formula is C27H42N6O6. The van der Waals surface area contributed by atoms with Gasteiger partial charge in [0, 0.05) is 17.1 Å². The van der Waals surface area contributed by atoms with Crippen LogP contribution >= 0.6 is 0 Å². The number of aliphatic hydroxyl groups is 1. The highest BCUT2D eigenvalue weighted by atomic mass is 16.4. The maximum absolute atomic E-state index is 13.4. The Hall–Kier alpha value is -3.48. The van der Waals surface area contributed by atoms with Gasteiger partial charge in [-0.25, -0.2) is 4.79 Å². The molecule has 0 spiro atoms. The molecule has 2 aromatic rings. The van der Waals surface area contributed by atoms with Gasteiger partial charge < -0.3 is 42.6 Å². The van der Waals surface area contributed by atoms with Gasteiger partial charge in [-0.2, -0.15) is 0 Å². The molecule has 0 aliphatic heterocycles. The third-order valence-electron chi connectivity index (χ3n) is 6.87. The van der Waals surface area contributed by atoms with E-state index in [2.05, 4.69) is 20.9 Å². The SMILES string of the molecule is CCC(C)C(NC(=O)C(N)Cc1c[nH]c2ccccc12)C(=O)NC(CCCCN)C(=O)NC(C(=O)O)C(C)O. The number of hydrogen-bond donors (Lipinski definition) is 8. The van der Waals surface area contributed by atoms with Crippen LogP contribution in [0.15, 0.2) is 30.5 Å². The largest absolute Gasteiger partial charge is 0.480 e. The molecule has 0 bridgehead atoms. The van der Waals surface area contributed by atoms with Crippen molar-refractivity contribution < 1.29 is 29.4 Å². The van der Waals surface area contributed by atoms with Crippen molar-refractivity contribution in [1.82, 2.24) is 20.9 Å². The van der Waals surface area contributed by atoms with Crippen molar-refractivity contribution in [3.8, 4) is 0 Å². The molecule has 6 atom stereocenters. The third-order valence-corrected chi connectivity index (χ3v) is 6.87. The first-order valence-electron chi connectivity index (χ1n) is 13.3. The lowest BCUT2D eigenvalue weighted by atomic mass is 9.96. The number of amides is 3. The van der Waals surface area contributed by atoms with Gasteiger partial charge >= 0.3 is 5.97 Å². The van der Waals surface area contributed by atoms with E-state index in [9.17, 15) is 29.4 Å². The number of carbonyl (C=O) groups is 4. The fourth-order valence-corrected chi connectivity index (χ4v) is 4.26. The van der Waals surface area contributed by atoms with Crippen LogP contribution in [-0.4, -0.2) is 75.7 Å². The lowest BCUT2D eigenvalue weighted by molar-refractivity contribution is -0.145. The van der Waals surface area contributed by atoms with Gasteiger partial charge in [-0.05, 0) is 56.7 Å². The molecule has 10 N–H and O–H groups in total. The predicted octanol–water partition coefficient (Wildman–Crippen LogP) is 0.133. The van der Waals surface area contributed by atoms with E-state index in [0.29, 0.717) is 25.8 Å². The zero-order valence-corrected chi connectivity index (χ0v) is 22.8. The highest BCUT2D eigenvalue weighted by Crippen LogP contribution is 2.19. The number of fused-ring (bicyclic) bond motifs is 1. The highest BCUT2D eigenvalue weighted by molar-refractivity contribution is 5.94. The number of aliphatic hydroxyl groups excluding tert-OH is 1. The minimum atomic E-state index is -1.54. The molecule has 216 valence electrons. The Kier molecular flexibility index (Phi) is 12.4. The monoisotopic (exact) mass is 546 g/mol. The quantitative estimate of drug-likeness (QED) is 0.135. The molecule has 12 heteroatoms. The average molecular weight is 547 g/mol. The number of rotatable bonds is 16. The van der Waals surface area contributed by atoms with Gasteiger partial charge in [-0.1, -0.05) is 38.5 Å². The number of unbranched alkanes of at least 4 members (excludes halogenated alkanes) is 1. The van der Waals surface area contributed by atoms with Crippen molar-refractivity contribution in [3.63, 3.8) is 0 Å². The van der Waals surface area contributed by atoms with Crippen LogP contribution < -0.4 is 27.4 Å². The van der Waals surface area contributed by atoms with Crippen molar-refractivity contribution in [1.29, 1.82) is 0 Å². The van der Waals surface area contributed by atoms with Gasteiger partial charge in [-0.15, -0.1) is 0 Å². The summed E-state index contributed by atoms with van der Waals surface area (Å²) >= 11 is 0. The molecular weight excluding hydrogens is 504 g/mol. The summed E-state index contributed by atoms with van der Waals surface area (Å²) in [6, 6.07) is 3.13. The molecule has 1 aromatic carbocycles. The van der Waals surface area contributed by atoms with Gasteiger partial charge in [0.05, 0.1) is 12.1 Å². The molecule has 0 aliphatic carbocycles. The number of carbonyl (C=O) groups excluding carboxylic acids is 3. The smallest absolute Gasteiger partial charge is 0.328 e. The van der Waals surface area contributed by atoms with Crippen LogP contribution in [0.5, 0.6) is 0 Å². The fraction of sp³-hybridized carbons (Fsp3) is 0.556. The Morgan fingerprint density at radius 2 is 1.64 bits per heavy atom. The van der Waals surface area contributed by atoms with Crippen LogP contribution in [0.3, 0.4) is 0 Å². The summed E-state index contributed by atoms with van der Waals surface area (Å²) in [7, 11) is 0. The zero-order chi connectivity index (χ0) is 29.1. The van der Waals surface area contributed by atoms with Crippen LogP contribution in [0.25, 0.3) is 10.9 Å². The van der Waals surface area contributed by atoms with Crippen LogP contribution in [0.2, 0.25) is 0 Å². The van der Waals surface area contributed by atoms with Crippen molar-refractivity contribution in [2.45, 2.75) is 83.1 Å². The van der Waals surface area contributed by atoms with E-state index in [-0.39, 0.29) is 18.8 Å². The molecule has 12 nitrogen and oxygen atoms in total. The zero-order valence-electron chi connectivity index (χ0n) is 22.8. The van der Waals surface area contributed by atoms with Gasteiger partial charge in [0.15, 0.2) is 6.04 Å². The predicted molar refractivity (Wildman–Crippen MR) is 147 cm³/mol. The number of aromatic amines is 1. The lowest BCUT2D eigenvalue weighted by Gasteiger charge is -2.28. The number of H-pyrrole nitrogens is 1. The summed E-state index contributed by atoms with van der Waals surface area (Å²) in [4.78, 5) is 53.9. The van der Waals surface area contributed by atoms with Crippen LogP contribution in [0, 0.1) is 5.92 Å². The number of nitrogens with one attached hydrogen (secondary N) is 4. The average Bonchev–Trinajstić information content (AvgIpc) is 3.31. The third kappa shape index (κ3) is 9.05. The first kappa shape index (κ1) is 31.7. The number of nitrogens with two attached hydrogens (primary N) is 2. The van der Waals surface area contributed by atoms with E-state index < -0.39 is 54.0 Å². The Bertz CT molecular complexity index is 1120. The summed E-state index contributed by atoms with van der Waals surface area (Å²) < 4.78 is 0. The molecule has 2 rings (SSSR count). The topological polar surface area (TPSA) is 213 Å². The molecule has 1 heterocycles. The Morgan fingerprint density at radius 1 is 0.974 bits per heavy atom. The molecule has 6 unspecified atom stereocenters. The van der Waals surface area contributed by atoms with Crippen molar-refractivity contribution in [2.75, 3.05) is 6.54 Å². The van der Waals surface area contributed by atoms with E-state index in [1.807, 2.05) is 31.2 Å². The maximum Gasteiger partial charge on any atom is 0.328 e. The minimum absolute atomic E-state index is 0.197. The van der Waals surface area contributed by atoms with Gasteiger partial charge in [0.1, 0.15) is 12.1 Å². The summed E-state index contributed by atoms with van der Waals surface area (Å²) in [5, 5.41) is 27.7. The number of aliphatic carboxylic acids is 1. The first-order valence-corrected chi connectivity index (χ1v) is 13.3. The second kappa shape index (κ2) is 15.2. The molecule has 0 aliphatic rings. The Labute approximate surface area is 228 Å². The van der Waals surface area contributed by atoms with Crippen LogP contribution in [-0.2, 0) is 25.6 Å². The number of para-hydroxylation sites is 1. The molecule has 0 saturated carbocycles. The van der Waals surface area contributed by atoms with Crippen molar-refractivity contribution in [3.05, 3.63) is 36.0 Å². The number of benzene rings is 1. The van der Waals surface area contributed by atoms with E-state index >= 15 is 0 Å². The maximum atomic E-state index is 13.4. The molecule has 3 amide bonds. The number of carboxylic acid groups (broad SMARTS) is 1. The van der Waals surface area contributed by atoms with Gasteiger partial charge in [-0.3, -0.25) is 14.4 Å². The summed E-state index contributed by atoms with van der Waals surface area (Å²) in [5.74, 6) is -3.54. The standard InChI is InChI=1S/C27H42N6O6/c1-4-15(2)22(32-24(35)19(29)13-17-14-30-20-10-6-5-9-18(17)20)26(37)31-21(11-7-8-12-28)25(36)33-23(16(3)34)27(38)39/h5-6,9-10,14-16,19,21-23,30,34H,4,7-8,11-13,28-29H2,1-3H3,(H,31,37)(H,32,35)(H,33,36)(H,38,39). The molecule has 0 saturated heterocycles. The van der Waals surface area contributed by atoms with E-state index in [0.717, 1.165) is 16.5 Å². The number of aromatic nitrogens is 1. The van der Waals surface area contributed by atoms with Crippen molar-refractivity contribution in [2.24, 2.45) is 17.4 Å². The molecule has 0 radical (unpaired) electrons. The Morgan fingerprint density at radius 3 is 2.26 bits per heavy atom. The summed E-state index contributed by atoms with van der Waals surface area (Å²) in [5.41, 5.74) is 13.6. The fourth-order valence-electron chi connectivity index (χ4n) is 4.26. The lowest BCUT2D eigenvalue weighted by Crippen LogP contribution is -2.59. The summed E-state index contributed by atoms with van der Waals surface area (Å²) in [6.45, 7) is 5.30. The second-order valence-corrected chi connectivity index (χ2v) is 9.95. The summed E-state index contributed by atoms with van der Waals surface area (Å²) in [6.07, 6.45) is 2.55. The number of hydrogen-bond acceptors (Lipinski definition) is 7. The highest BCUT2D eigenvalue weighted by Gasteiger charge is 2.33. The van der Waals surface area contributed by atoms with E-state index in [1.165, 1.54) is 6.92 Å². The first-order chi connectivity index (χ1) is 18.5. The van der Waals surface area contributed by atoms with Crippen LogP contribution in [0.1, 0.15) is 52.0 Å². The van der Waals surface area contributed by atoms with Crippen LogP contribution in [0.4, 0.5) is 0 Å². The second-order valence-electron chi connectivity index (χ2n) is 9.95. The Balaban J connectivity index is 2.15. The normalized spacial score (nSPS) is 15.9. The minimum Gasteiger partial charge on any atom is -0.480 e. The molecule has 0 fully saturated rings. The number of carboxylic acids is 1. The molecule has 1 aromatic heterocycles. The molecule has 39 heavy (non-hydrogen) atoms. The van der Waals surface area contributed by atoms with Crippen molar-refractivity contribution >= 4 is 34.6 Å².